The Balaban J connectivity index is 1.76. The lowest BCUT2D eigenvalue weighted by molar-refractivity contribution is -0.114. The number of fused-ring (bicyclic) bond motifs is 1. The number of benzene rings is 1. The molecule has 0 aliphatic carbocycles. The van der Waals surface area contributed by atoms with E-state index in [9.17, 15) is 4.79 Å². The van der Waals surface area contributed by atoms with E-state index in [-0.39, 0.29) is 12.5 Å². The predicted molar refractivity (Wildman–Crippen MR) is 100 cm³/mol. The average molecular weight is 377 g/mol. The summed E-state index contributed by atoms with van der Waals surface area (Å²) in [5.74, 6) is 0.731. The topological polar surface area (TPSA) is 97.0 Å². The Morgan fingerprint density at radius 3 is 2.76 bits per heavy atom. The summed E-state index contributed by atoms with van der Waals surface area (Å²) in [6, 6.07) is 8.34. The van der Waals surface area contributed by atoms with Gasteiger partial charge in [0.1, 0.15) is 18.0 Å². The molecular weight excluding hydrogens is 363 g/mol. The Morgan fingerprint density at radius 1 is 1.20 bits per heavy atom. The molecular formula is C16H14Cl2N6O. The van der Waals surface area contributed by atoms with E-state index in [1.54, 1.807) is 42.3 Å². The number of nitrogens with two attached hydrogens (primary N) is 1. The molecule has 1 amide bonds. The lowest BCUT2D eigenvalue weighted by Crippen LogP contribution is -2.30. The highest BCUT2D eigenvalue weighted by molar-refractivity contribution is 6.42. The number of carbonyl (C=O) groups excluding carboxylic acids is 1. The minimum Gasteiger partial charge on any atom is -0.384 e. The van der Waals surface area contributed by atoms with E-state index >= 15 is 0 Å². The Morgan fingerprint density at radius 2 is 2.00 bits per heavy atom. The second kappa shape index (κ2) is 7.08. The molecule has 0 saturated carbocycles. The predicted octanol–water partition coefficient (Wildman–Crippen LogP) is 2.99. The highest BCUT2D eigenvalue weighted by Crippen LogP contribution is 2.25. The van der Waals surface area contributed by atoms with Gasteiger partial charge in [-0.1, -0.05) is 23.2 Å². The second-order valence-electron chi connectivity index (χ2n) is 5.34. The fraction of sp³-hybridized carbons (Fsp3) is 0.125. The number of hydrogen-bond donors (Lipinski definition) is 2. The molecule has 2 aromatic heterocycles. The van der Waals surface area contributed by atoms with Gasteiger partial charge in [-0.25, -0.2) is 15.0 Å². The van der Waals surface area contributed by atoms with Crippen LogP contribution in [0, 0.1) is 0 Å². The number of nitrogens with zero attached hydrogens (tertiary/aromatic N) is 4. The molecule has 3 N–H and O–H groups in total. The third kappa shape index (κ3) is 3.89. The Hall–Kier alpha value is -2.64. The fourth-order valence-corrected chi connectivity index (χ4v) is 2.61. The van der Waals surface area contributed by atoms with Gasteiger partial charge >= 0.3 is 0 Å². The zero-order valence-electron chi connectivity index (χ0n) is 13.2. The monoisotopic (exact) mass is 376 g/mol. The third-order valence-corrected chi connectivity index (χ3v) is 4.18. The molecule has 3 aromatic rings. The van der Waals surface area contributed by atoms with E-state index in [0.29, 0.717) is 38.4 Å². The van der Waals surface area contributed by atoms with Gasteiger partial charge in [-0.3, -0.25) is 4.79 Å². The van der Waals surface area contributed by atoms with Crippen LogP contribution in [0.5, 0.6) is 0 Å². The first kappa shape index (κ1) is 17.2. The van der Waals surface area contributed by atoms with Crippen LogP contribution in [0.4, 0.5) is 17.3 Å². The van der Waals surface area contributed by atoms with Crippen molar-refractivity contribution in [2.45, 2.75) is 0 Å². The van der Waals surface area contributed by atoms with Crippen LogP contribution in [0.25, 0.3) is 11.0 Å². The van der Waals surface area contributed by atoms with Gasteiger partial charge in [-0.2, -0.15) is 0 Å². The SMILES string of the molecule is CN(CC(=O)Nc1ccc(Cl)c(Cl)c1)c1ncnc2nc(N)ccc12. The average Bonchev–Trinajstić information content (AvgIpc) is 2.57. The number of nitrogens with one attached hydrogen (secondary N) is 1. The summed E-state index contributed by atoms with van der Waals surface area (Å²) in [6.07, 6.45) is 1.39. The molecule has 0 aliphatic rings. The van der Waals surface area contributed by atoms with Gasteiger partial charge in [0.25, 0.3) is 0 Å². The second-order valence-corrected chi connectivity index (χ2v) is 6.15. The lowest BCUT2D eigenvalue weighted by atomic mass is 10.3. The first-order chi connectivity index (χ1) is 11.9. The molecule has 0 saturated heterocycles. The van der Waals surface area contributed by atoms with Gasteiger partial charge in [0.15, 0.2) is 5.65 Å². The number of pyridine rings is 1. The van der Waals surface area contributed by atoms with Gasteiger partial charge in [0.05, 0.1) is 22.0 Å². The third-order valence-electron chi connectivity index (χ3n) is 3.44. The number of aromatic nitrogens is 3. The zero-order chi connectivity index (χ0) is 18.0. The van der Waals surface area contributed by atoms with Crippen molar-refractivity contribution in [1.29, 1.82) is 0 Å². The number of nitrogen functional groups attached to an aromatic ring is 1. The van der Waals surface area contributed by atoms with E-state index in [0.717, 1.165) is 0 Å². The van der Waals surface area contributed by atoms with Crippen LogP contribution in [0.1, 0.15) is 0 Å². The van der Waals surface area contributed by atoms with Crippen LogP contribution in [-0.4, -0.2) is 34.5 Å². The Kier molecular flexibility index (Phi) is 4.87. The van der Waals surface area contributed by atoms with Crippen LogP contribution in [-0.2, 0) is 4.79 Å². The van der Waals surface area contributed by atoms with Gasteiger partial charge < -0.3 is 16.0 Å². The fourth-order valence-electron chi connectivity index (χ4n) is 2.31. The van der Waals surface area contributed by atoms with Crippen molar-refractivity contribution in [3.05, 3.63) is 46.7 Å². The number of halogens is 2. The minimum atomic E-state index is -0.226. The first-order valence-electron chi connectivity index (χ1n) is 7.27. The van der Waals surface area contributed by atoms with Gasteiger partial charge in [-0.15, -0.1) is 0 Å². The zero-order valence-corrected chi connectivity index (χ0v) is 14.7. The summed E-state index contributed by atoms with van der Waals surface area (Å²) in [5, 5.41) is 4.28. The molecule has 0 bridgehead atoms. The largest absolute Gasteiger partial charge is 0.384 e. The minimum absolute atomic E-state index is 0.0801. The van der Waals surface area contributed by atoms with E-state index in [4.69, 9.17) is 28.9 Å². The molecule has 3 rings (SSSR count). The molecule has 7 nitrogen and oxygen atoms in total. The van der Waals surface area contributed by atoms with E-state index in [1.807, 2.05) is 0 Å². The van der Waals surface area contributed by atoms with E-state index in [2.05, 4.69) is 20.3 Å². The molecule has 128 valence electrons. The molecule has 1 aromatic carbocycles. The maximum Gasteiger partial charge on any atom is 0.243 e. The van der Waals surface area contributed by atoms with Crippen LogP contribution >= 0.6 is 23.2 Å². The maximum absolute atomic E-state index is 12.3. The lowest BCUT2D eigenvalue weighted by Gasteiger charge is -2.19. The molecule has 0 atom stereocenters. The quantitative estimate of drug-likeness (QED) is 0.726. The van der Waals surface area contributed by atoms with Gasteiger partial charge in [-0.05, 0) is 30.3 Å². The van der Waals surface area contributed by atoms with Crippen molar-refractivity contribution in [1.82, 2.24) is 15.0 Å². The summed E-state index contributed by atoms with van der Waals surface area (Å²) in [4.78, 5) is 26.5. The maximum atomic E-state index is 12.3. The molecule has 25 heavy (non-hydrogen) atoms. The summed E-state index contributed by atoms with van der Waals surface area (Å²) in [6.45, 7) is 0.0801. The van der Waals surface area contributed by atoms with Crippen LogP contribution in [0.15, 0.2) is 36.7 Å². The highest BCUT2D eigenvalue weighted by atomic mass is 35.5. The van der Waals surface area contributed by atoms with E-state index < -0.39 is 0 Å². The number of carbonyl (C=O) groups is 1. The molecule has 0 radical (unpaired) electrons. The first-order valence-corrected chi connectivity index (χ1v) is 8.03. The van der Waals surface area contributed by atoms with Crippen molar-refractivity contribution in [3.8, 4) is 0 Å². The van der Waals surface area contributed by atoms with Gasteiger partial charge in [0.2, 0.25) is 5.91 Å². The summed E-state index contributed by atoms with van der Waals surface area (Å²) in [7, 11) is 1.76. The highest BCUT2D eigenvalue weighted by Gasteiger charge is 2.13. The Bertz CT molecular complexity index is 949. The van der Waals surface area contributed by atoms with E-state index in [1.165, 1.54) is 6.33 Å². The van der Waals surface area contributed by atoms with Crippen LogP contribution in [0.2, 0.25) is 10.0 Å². The standard InChI is InChI=1S/C16H14Cl2N6O/c1-24(7-14(25)22-9-2-4-11(17)12(18)6-9)16-10-3-5-13(19)23-15(10)20-8-21-16/h2-6,8H,7H2,1H3,(H,22,25)(H2,19,20,21,23). The summed E-state index contributed by atoms with van der Waals surface area (Å²) in [5.41, 5.74) is 6.71. The molecule has 0 unspecified atom stereocenters. The molecule has 0 spiro atoms. The van der Waals surface area contributed by atoms with Crippen molar-refractivity contribution in [2.24, 2.45) is 0 Å². The number of likely N-dealkylation sites (N-methyl/N-ethyl adjacent to an activating group) is 1. The van der Waals surface area contributed by atoms with Crippen molar-refractivity contribution < 1.29 is 4.79 Å². The Labute approximate surface area is 153 Å². The van der Waals surface area contributed by atoms with Crippen LogP contribution < -0.4 is 16.0 Å². The molecule has 9 heteroatoms. The number of anilines is 3. The number of rotatable bonds is 4. The van der Waals surface area contributed by atoms with Crippen molar-refractivity contribution in [3.63, 3.8) is 0 Å². The van der Waals surface area contributed by atoms with Crippen molar-refractivity contribution >= 4 is 57.5 Å². The summed E-state index contributed by atoms with van der Waals surface area (Å²) < 4.78 is 0. The molecule has 0 aliphatic heterocycles. The van der Waals surface area contributed by atoms with Crippen LogP contribution in [0.3, 0.4) is 0 Å². The number of hydrogen-bond acceptors (Lipinski definition) is 6. The molecule has 2 heterocycles. The summed E-state index contributed by atoms with van der Waals surface area (Å²) >= 11 is 11.8. The smallest absolute Gasteiger partial charge is 0.243 e. The normalized spacial score (nSPS) is 10.7. The van der Waals surface area contributed by atoms with Gasteiger partial charge in [0, 0.05) is 12.7 Å². The number of amides is 1. The van der Waals surface area contributed by atoms with Crippen molar-refractivity contribution in [2.75, 3.05) is 29.5 Å². The molecule has 0 fully saturated rings.